The molecule has 2 heterocycles. The van der Waals surface area contributed by atoms with Crippen LogP contribution in [0.5, 0.6) is 0 Å². The van der Waals surface area contributed by atoms with Crippen LogP contribution < -0.4 is 10.6 Å². The van der Waals surface area contributed by atoms with Crippen LogP contribution in [0, 0.1) is 20.8 Å². The number of carbonyl (C=O) groups is 1. The van der Waals surface area contributed by atoms with Gasteiger partial charge in [0.15, 0.2) is 5.82 Å². The lowest BCUT2D eigenvalue weighted by atomic mass is 10.2. The van der Waals surface area contributed by atoms with E-state index in [4.69, 9.17) is 4.52 Å². The molecule has 3 rings (SSSR count). The molecule has 0 radical (unpaired) electrons. The van der Waals surface area contributed by atoms with Crippen molar-refractivity contribution in [1.29, 1.82) is 0 Å². The van der Waals surface area contributed by atoms with Gasteiger partial charge in [0.25, 0.3) is 5.91 Å². The summed E-state index contributed by atoms with van der Waals surface area (Å²) in [5.74, 6) is 1.87. The SMILES string of the molecule is Cc1nc(Nc2cc(C)on2)cc(C(=O)Nc2ccccc2C)n1. The number of anilines is 3. The van der Waals surface area contributed by atoms with Gasteiger partial charge < -0.3 is 15.2 Å². The van der Waals surface area contributed by atoms with Crippen LogP contribution in [0.4, 0.5) is 17.3 Å². The molecule has 1 aromatic carbocycles. The summed E-state index contributed by atoms with van der Waals surface area (Å²) in [6, 6.07) is 10.9. The summed E-state index contributed by atoms with van der Waals surface area (Å²) in [5.41, 5.74) is 2.00. The van der Waals surface area contributed by atoms with Crippen LogP contribution in [0.1, 0.15) is 27.6 Å². The Morgan fingerprint density at radius 3 is 2.54 bits per heavy atom. The molecule has 0 saturated heterocycles. The van der Waals surface area contributed by atoms with E-state index in [2.05, 4.69) is 25.8 Å². The lowest BCUT2D eigenvalue weighted by molar-refractivity contribution is 0.102. The van der Waals surface area contributed by atoms with Crippen molar-refractivity contribution in [3.63, 3.8) is 0 Å². The molecule has 0 bridgehead atoms. The Balaban J connectivity index is 1.82. The second-order valence-corrected chi connectivity index (χ2v) is 5.40. The Labute approximate surface area is 139 Å². The van der Waals surface area contributed by atoms with Crippen molar-refractivity contribution in [3.05, 3.63) is 59.2 Å². The van der Waals surface area contributed by atoms with Crippen LogP contribution >= 0.6 is 0 Å². The standard InChI is InChI=1S/C17H17N5O2/c1-10-6-4-5-7-13(10)20-17(23)14-9-15(19-12(3)18-14)21-16-8-11(2)24-22-16/h4-9H,1-3H3,(H,20,23)(H,18,19,21,22). The summed E-state index contributed by atoms with van der Waals surface area (Å²) in [7, 11) is 0. The number of rotatable bonds is 4. The average molecular weight is 323 g/mol. The summed E-state index contributed by atoms with van der Waals surface area (Å²) in [6.07, 6.45) is 0. The molecule has 0 atom stereocenters. The largest absolute Gasteiger partial charge is 0.360 e. The van der Waals surface area contributed by atoms with Crippen molar-refractivity contribution in [1.82, 2.24) is 15.1 Å². The van der Waals surface area contributed by atoms with Gasteiger partial charge in [-0.1, -0.05) is 23.4 Å². The number of hydrogen-bond acceptors (Lipinski definition) is 6. The maximum Gasteiger partial charge on any atom is 0.274 e. The first kappa shape index (κ1) is 15.7. The zero-order chi connectivity index (χ0) is 17.1. The van der Waals surface area contributed by atoms with Gasteiger partial charge in [0.05, 0.1) is 0 Å². The number of nitrogens with one attached hydrogen (secondary N) is 2. The zero-order valence-corrected chi connectivity index (χ0v) is 13.6. The van der Waals surface area contributed by atoms with E-state index in [1.54, 1.807) is 26.0 Å². The Morgan fingerprint density at radius 1 is 1.04 bits per heavy atom. The van der Waals surface area contributed by atoms with Crippen molar-refractivity contribution in [2.75, 3.05) is 10.6 Å². The fraction of sp³-hybridized carbons (Fsp3) is 0.176. The van der Waals surface area contributed by atoms with Gasteiger partial charge in [-0.05, 0) is 32.4 Å². The van der Waals surface area contributed by atoms with Crippen molar-refractivity contribution < 1.29 is 9.32 Å². The first-order chi connectivity index (χ1) is 11.5. The first-order valence-corrected chi connectivity index (χ1v) is 7.44. The second kappa shape index (κ2) is 6.49. The van der Waals surface area contributed by atoms with Gasteiger partial charge in [-0.15, -0.1) is 0 Å². The molecule has 2 aromatic heterocycles. The quantitative estimate of drug-likeness (QED) is 0.764. The molecule has 3 aromatic rings. The average Bonchev–Trinajstić information content (AvgIpc) is 2.94. The maximum absolute atomic E-state index is 12.5. The smallest absolute Gasteiger partial charge is 0.274 e. The van der Waals surface area contributed by atoms with Crippen LogP contribution in [0.3, 0.4) is 0 Å². The molecule has 2 N–H and O–H groups in total. The summed E-state index contributed by atoms with van der Waals surface area (Å²) in [4.78, 5) is 20.9. The molecule has 0 aliphatic rings. The van der Waals surface area contributed by atoms with E-state index in [1.165, 1.54) is 0 Å². The second-order valence-electron chi connectivity index (χ2n) is 5.40. The van der Waals surface area contributed by atoms with E-state index in [9.17, 15) is 4.79 Å². The van der Waals surface area contributed by atoms with Gasteiger partial charge in [-0.25, -0.2) is 9.97 Å². The number of carbonyl (C=O) groups excluding carboxylic acids is 1. The number of aromatic nitrogens is 3. The number of benzene rings is 1. The molecule has 7 nitrogen and oxygen atoms in total. The van der Waals surface area contributed by atoms with Gasteiger partial charge in [0.1, 0.15) is 23.1 Å². The number of aryl methyl sites for hydroxylation is 3. The van der Waals surface area contributed by atoms with Crippen molar-refractivity contribution in [2.24, 2.45) is 0 Å². The first-order valence-electron chi connectivity index (χ1n) is 7.44. The van der Waals surface area contributed by atoms with Gasteiger partial charge in [-0.3, -0.25) is 4.79 Å². The molecule has 0 aliphatic carbocycles. The van der Waals surface area contributed by atoms with E-state index in [-0.39, 0.29) is 11.6 Å². The van der Waals surface area contributed by atoms with E-state index in [0.717, 1.165) is 11.3 Å². The van der Waals surface area contributed by atoms with Gasteiger partial charge >= 0.3 is 0 Å². The predicted octanol–water partition coefficient (Wildman–Crippen LogP) is 3.39. The summed E-state index contributed by atoms with van der Waals surface area (Å²) in [6.45, 7) is 5.45. The van der Waals surface area contributed by atoms with E-state index < -0.39 is 0 Å². The topological polar surface area (TPSA) is 92.9 Å². The Morgan fingerprint density at radius 2 is 1.83 bits per heavy atom. The fourth-order valence-corrected chi connectivity index (χ4v) is 2.20. The minimum absolute atomic E-state index is 0.272. The zero-order valence-electron chi connectivity index (χ0n) is 13.6. The predicted molar refractivity (Wildman–Crippen MR) is 90.4 cm³/mol. The summed E-state index contributed by atoms with van der Waals surface area (Å²) < 4.78 is 5.00. The lowest BCUT2D eigenvalue weighted by Crippen LogP contribution is -2.16. The number of hydrogen-bond donors (Lipinski definition) is 2. The number of amides is 1. The van der Waals surface area contributed by atoms with Crippen molar-refractivity contribution in [3.8, 4) is 0 Å². The monoisotopic (exact) mass is 323 g/mol. The van der Waals surface area contributed by atoms with Crippen LogP contribution in [0.2, 0.25) is 0 Å². The van der Waals surface area contributed by atoms with Gasteiger partial charge in [-0.2, -0.15) is 0 Å². The van der Waals surface area contributed by atoms with Crippen LogP contribution in [-0.2, 0) is 0 Å². The van der Waals surface area contributed by atoms with Crippen LogP contribution in [0.25, 0.3) is 0 Å². The third-order valence-corrected chi connectivity index (χ3v) is 3.35. The molecule has 7 heteroatoms. The van der Waals surface area contributed by atoms with E-state index in [0.29, 0.717) is 23.2 Å². The fourth-order valence-electron chi connectivity index (χ4n) is 2.20. The highest BCUT2D eigenvalue weighted by atomic mass is 16.5. The minimum Gasteiger partial charge on any atom is -0.360 e. The normalized spacial score (nSPS) is 10.5. The van der Waals surface area contributed by atoms with Crippen LogP contribution in [-0.4, -0.2) is 21.0 Å². The van der Waals surface area contributed by atoms with E-state index in [1.807, 2.05) is 31.2 Å². The molecule has 0 spiro atoms. The molecule has 0 fully saturated rings. The van der Waals surface area contributed by atoms with Crippen molar-refractivity contribution >= 4 is 23.2 Å². The van der Waals surface area contributed by atoms with Gasteiger partial charge in [0.2, 0.25) is 0 Å². The van der Waals surface area contributed by atoms with Crippen LogP contribution in [0.15, 0.2) is 40.9 Å². The third-order valence-electron chi connectivity index (χ3n) is 3.35. The highest BCUT2D eigenvalue weighted by molar-refractivity contribution is 6.03. The highest BCUT2D eigenvalue weighted by Gasteiger charge is 2.12. The molecule has 0 unspecified atom stereocenters. The van der Waals surface area contributed by atoms with Gasteiger partial charge in [0, 0.05) is 17.8 Å². The molecular weight excluding hydrogens is 306 g/mol. The summed E-state index contributed by atoms with van der Waals surface area (Å²) >= 11 is 0. The minimum atomic E-state index is -0.297. The maximum atomic E-state index is 12.5. The molecule has 0 aliphatic heterocycles. The Hall–Kier alpha value is -3.22. The van der Waals surface area contributed by atoms with E-state index >= 15 is 0 Å². The third kappa shape index (κ3) is 3.57. The lowest BCUT2D eigenvalue weighted by Gasteiger charge is -2.09. The number of nitrogens with zero attached hydrogens (tertiary/aromatic N) is 3. The molecular formula is C17H17N5O2. The van der Waals surface area contributed by atoms with Crippen molar-refractivity contribution in [2.45, 2.75) is 20.8 Å². The molecule has 24 heavy (non-hydrogen) atoms. The summed E-state index contributed by atoms with van der Waals surface area (Å²) in [5, 5.41) is 9.71. The molecule has 1 amide bonds. The Kier molecular flexibility index (Phi) is 4.24. The molecule has 122 valence electrons. The highest BCUT2D eigenvalue weighted by Crippen LogP contribution is 2.17. The number of para-hydroxylation sites is 1. The Bertz CT molecular complexity index is 888. The molecule has 0 saturated carbocycles.